The van der Waals surface area contributed by atoms with Crippen LogP contribution in [0.2, 0.25) is 0 Å². The summed E-state index contributed by atoms with van der Waals surface area (Å²) in [6.07, 6.45) is 1.28. The van der Waals surface area contributed by atoms with Crippen molar-refractivity contribution in [1.82, 2.24) is 4.90 Å². The van der Waals surface area contributed by atoms with E-state index in [4.69, 9.17) is 9.47 Å². The quantitative estimate of drug-likeness (QED) is 0.794. The number of Topliss-reactive ketones (excluding diaryl/α,β-unsaturated/α-hetero) is 1. The van der Waals surface area contributed by atoms with Crippen LogP contribution in [0.3, 0.4) is 0 Å². The maximum Gasteiger partial charge on any atom is 0.231 e. The average Bonchev–Trinajstić information content (AvgIpc) is 3.11. The number of ketones is 1. The number of fused-ring (bicyclic) bond motifs is 2. The van der Waals surface area contributed by atoms with Crippen LogP contribution >= 0.6 is 0 Å². The van der Waals surface area contributed by atoms with Gasteiger partial charge in [-0.2, -0.15) is 0 Å². The highest BCUT2D eigenvalue weighted by Gasteiger charge is 2.25. The van der Waals surface area contributed by atoms with Crippen LogP contribution in [0.1, 0.15) is 39.9 Å². The second-order valence-electron chi connectivity index (χ2n) is 6.83. The third-order valence-corrected chi connectivity index (χ3v) is 5.00. The molecule has 26 heavy (non-hydrogen) atoms. The van der Waals surface area contributed by atoms with Crippen LogP contribution in [0, 0.1) is 6.92 Å². The number of hydrogen-bond acceptors (Lipinski definition) is 4. The molecule has 2 aromatic rings. The van der Waals surface area contributed by atoms with E-state index in [0.717, 1.165) is 29.0 Å². The number of carbonyl (C=O) groups excluding carboxylic acids is 2. The summed E-state index contributed by atoms with van der Waals surface area (Å²) in [5.74, 6) is 1.56. The summed E-state index contributed by atoms with van der Waals surface area (Å²) in [7, 11) is 0. The highest BCUT2D eigenvalue weighted by atomic mass is 16.7. The number of aryl methyl sites for hydroxylation is 1. The predicted molar refractivity (Wildman–Crippen MR) is 96.4 cm³/mol. The highest BCUT2D eigenvalue weighted by Crippen LogP contribution is 2.36. The smallest absolute Gasteiger partial charge is 0.231 e. The summed E-state index contributed by atoms with van der Waals surface area (Å²) >= 11 is 0. The average molecular weight is 351 g/mol. The lowest BCUT2D eigenvalue weighted by Gasteiger charge is -2.29. The van der Waals surface area contributed by atoms with Gasteiger partial charge in [0.1, 0.15) is 0 Å². The molecule has 1 amide bonds. The summed E-state index contributed by atoms with van der Waals surface area (Å²) in [5, 5.41) is 0. The van der Waals surface area contributed by atoms with E-state index in [1.807, 2.05) is 48.2 Å². The van der Waals surface area contributed by atoms with E-state index in [9.17, 15) is 9.59 Å². The van der Waals surface area contributed by atoms with Crippen molar-refractivity contribution in [3.63, 3.8) is 0 Å². The van der Waals surface area contributed by atoms with E-state index in [0.29, 0.717) is 18.7 Å². The molecule has 5 heteroatoms. The first kappa shape index (κ1) is 16.6. The fourth-order valence-corrected chi connectivity index (χ4v) is 3.42. The van der Waals surface area contributed by atoms with E-state index >= 15 is 0 Å². The number of hydrogen-bond donors (Lipinski definition) is 0. The van der Waals surface area contributed by atoms with Crippen LogP contribution in [0.5, 0.6) is 11.5 Å². The van der Waals surface area contributed by atoms with Crippen molar-refractivity contribution in [3.8, 4) is 11.5 Å². The van der Waals surface area contributed by atoms with Crippen molar-refractivity contribution in [2.75, 3.05) is 13.3 Å². The maximum atomic E-state index is 12.5. The molecule has 0 aliphatic carbocycles. The molecule has 0 spiro atoms. The van der Waals surface area contributed by atoms with Crippen LogP contribution in [-0.4, -0.2) is 29.9 Å². The fraction of sp³-hybridized carbons (Fsp3) is 0.333. The first-order valence-corrected chi connectivity index (χ1v) is 8.89. The van der Waals surface area contributed by atoms with Gasteiger partial charge in [0.2, 0.25) is 12.7 Å². The summed E-state index contributed by atoms with van der Waals surface area (Å²) in [6, 6.07) is 11.5. The molecule has 5 nitrogen and oxygen atoms in total. The van der Waals surface area contributed by atoms with Crippen LogP contribution in [0.4, 0.5) is 0 Å². The molecule has 0 saturated carbocycles. The van der Waals surface area contributed by atoms with Gasteiger partial charge in [-0.25, -0.2) is 0 Å². The van der Waals surface area contributed by atoms with Gasteiger partial charge < -0.3 is 14.4 Å². The van der Waals surface area contributed by atoms with E-state index in [-0.39, 0.29) is 31.3 Å². The van der Waals surface area contributed by atoms with E-state index in [1.54, 1.807) is 0 Å². The van der Waals surface area contributed by atoms with Crippen molar-refractivity contribution >= 4 is 11.7 Å². The van der Waals surface area contributed by atoms with E-state index in [1.165, 1.54) is 5.56 Å². The topological polar surface area (TPSA) is 55.8 Å². The molecule has 0 bridgehead atoms. The Morgan fingerprint density at radius 2 is 1.69 bits per heavy atom. The predicted octanol–water partition coefficient (Wildman–Crippen LogP) is 3.27. The third kappa shape index (κ3) is 3.29. The zero-order chi connectivity index (χ0) is 18.1. The molecule has 0 fully saturated rings. The van der Waals surface area contributed by atoms with Gasteiger partial charge >= 0.3 is 0 Å². The van der Waals surface area contributed by atoms with Gasteiger partial charge in [-0.1, -0.05) is 29.8 Å². The van der Waals surface area contributed by atoms with E-state index in [2.05, 4.69) is 0 Å². The zero-order valence-electron chi connectivity index (χ0n) is 14.8. The molecular weight excluding hydrogens is 330 g/mol. The molecule has 0 saturated heterocycles. The molecule has 2 aliphatic rings. The van der Waals surface area contributed by atoms with Gasteiger partial charge in [0.05, 0.1) is 0 Å². The zero-order valence-corrected chi connectivity index (χ0v) is 14.8. The summed E-state index contributed by atoms with van der Waals surface area (Å²) in [4.78, 5) is 26.6. The van der Waals surface area contributed by atoms with Gasteiger partial charge in [-0.05, 0) is 36.6 Å². The maximum absolute atomic E-state index is 12.5. The number of benzene rings is 2. The molecular formula is C21H21NO4. The van der Waals surface area contributed by atoms with Crippen molar-refractivity contribution in [3.05, 3.63) is 58.7 Å². The Kier molecular flexibility index (Phi) is 4.37. The second kappa shape index (κ2) is 6.83. The van der Waals surface area contributed by atoms with Crippen LogP contribution in [0.15, 0.2) is 36.4 Å². The number of amides is 1. The Bertz CT molecular complexity index is 857. The second-order valence-corrected chi connectivity index (χ2v) is 6.83. The van der Waals surface area contributed by atoms with Gasteiger partial charge in [-0.3, -0.25) is 9.59 Å². The van der Waals surface area contributed by atoms with Crippen LogP contribution in [-0.2, 0) is 17.8 Å². The highest BCUT2D eigenvalue weighted by molar-refractivity contribution is 5.98. The van der Waals surface area contributed by atoms with Crippen molar-refractivity contribution < 1.29 is 19.1 Å². The van der Waals surface area contributed by atoms with E-state index < -0.39 is 0 Å². The Morgan fingerprint density at radius 1 is 1.00 bits per heavy atom. The Balaban J connectivity index is 1.37. The standard InChI is InChI=1S/C21H21NO4/c1-14-2-4-15(5-3-14)18(23)6-7-21(24)22-9-8-16-10-19-20(26-13-25-19)11-17(16)12-22/h2-5,10-11H,6-9,12-13H2,1H3. The summed E-state index contributed by atoms with van der Waals surface area (Å²) < 4.78 is 10.8. The molecule has 2 aliphatic heterocycles. The lowest BCUT2D eigenvalue weighted by Crippen LogP contribution is -2.36. The Hall–Kier alpha value is -2.82. The molecule has 0 unspecified atom stereocenters. The molecule has 2 heterocycles. The number of carbonyl (C=O) groups is 2. The molecule has 2 aromatic carbocycles. The largest absolute Gasteiger partial charge is 0.454 e. The van der Waals surface area contributed by atoms with Gasteiger partial charge in [0.15, 0.2) is 17.3 Å². The minimum Gasteiger partial charge on any atom is -0.454 e. The van der Waals surface area contributed by atoms with Gasteiger partial charge in [0, 0.05) is 31.5 Å². The minimum atomic E-state index is 0.0131. The molecule has 0 radical (unpaired) electrons. The Labute approximate surface area is 152 Å². The van der Waals surface area contributed by atoms with Crippen molar-refractivity contribution in [1.29, 1.82) is 0 Å². The summed E-state index contributed by atoms with van der Waals surface area (Å²) in [6.45, 7) is 3.47. The van der Waals surface area contributed by atoms with Crippen molar-refractivity contribution in [2.24, 2.45) is 0 Å². The Morgan fingerprint density at radius 3 is 2.42 bits per heavy atom. The van der Waals surface area contributed by atoms with Crippen LogP contribution in [0.25, 0.3) is 0 Å². The third-order valence-electron chi connectivity index (χ3n) is 5.00. The molecule has 0 N–H and O–H groups in total. The number of nitrogens with zero attached hydrogens (tertiary/aromatic N) is 1. The van der Waals surface area contributed by atoms with Gasteiger partial charge in [-0.15, -0.1) is 0 Å². The van der Waals surface area contributed by atoms with Gasteiger partial charge in [0.25, 0.3) is 0 Å². The molecule has 0 atom stereocenters. The fourth-order valence-electron chi connectivity index (χ4n) is 3.42. The minimum absolute atomic E-state index is 0.0131. The van der Waals surface area contributed by atoms with Crippen molar-refractivity contribution in [2.45, 2.75) is 32.7 Å². The molecule has 4 rings (SSSR count). The lowest BCUT2D eigenvalue weighted by atomic mass is 9.98. The first-order valence-electron chi connectivity index (χ1n) is 8.89. The normalized spacial score (nSPS) is 14.9. The molecule has 134 valence electrons. The molecule has 0 aromatic heterocycles. The first-order chi connectivity index (χ1) is 12.6. The SMILES string of the molecule is Cc1ccc(C(=O)CCC(=O)N2CCc3cc4c(cc3C2)OCO4)cc1. The van der Waals surface area contributed by atoms with Crippen LogP contribution < -0.4 is 9.47 Å². The number of ether oxygens (including phenoxy) is 2. The lowest BCUT2D eigenvalue weighted by molar-refractivity contribution is -0.132. The monoisotopic (exact) mass is 351 g/mol. The summed E-state index contributed by atoms with van der Waals surface area (Å²) in [5.41, 5.74) is 4.08. The number of rotatable bonds is 4.